The Hall–Kier alpha value is -1.59. The maximum absolute atomic E-state index is 10.0. The van der Waals surface area contributed by atoms with Crippen LogP contribution in [0.25, 0.3) is 0 Å². The van der Waals surface area contributed by atoms with E-state index in [0.29, 0.717) is 5.75 Å². The summed E-state index contributed by atoms with van der Waals surface area (Å²) in [5.74, 6) is -0.343. The molecule has 1 aromatic rings. The van der Waals surface area contributed by atoms with Crippen molar-refractivity contribution >= 4 is 5.97 Å². The van der Waals surface area contributed by atoms with Crippen molar-refractivity contribution in [3.63, 3.8) is 0 Å². The molecule has 84 valence electrons. The Kier molecular flexibility index (Phi) is 8.03. The zero-order chi connectivity index (χ0) is 11.5. The summed E-state index contributed by atoms with van der Waals surface area (Å²) in [5, 5.41) is 15.2. The first-order valence-electron chi connectivity index (χ1n) is 4.21. The summed E-state index contributed by atoms with van der Waals surface area (Å²) in [5.41, 5.74) is 0. The van der Waals surface area contributed by atoms with Crippen molar-refractivity contribution in [1.82, 2.24) is 0 Å². The van der Waals surface area contributed by atoms with E-state index in [-0.39, 0.29) is 13.4 Å². The Bertz CT molecular complexity index is 260. The Labute approximate surface area is 87.9 Å². The van der Waals surface area contributed by atoms with E-state index in [0.717, 1.165) is 7.11 Å². The zero-order valence-electron chi connectivity index (χ0n) is 8.42. The average molecular weight is 214 g/mol. The fourth-order valence-electron chi connectivity index (χ4n) is 0.755. The van der Waals surface area contributed by atoms with E-state index in [4.69, 9.17) is 14.9 Å². The van der Waals surface area contributed by atoms with E-state index in [1.165, 1.54) is 0 Å². The standard InChI is InChI=1S/C9H10O4.CH4O/c10-9(11)6-12-7-13-8-4-2-1-3-5-8;1-2/h1-5H,6-7H2,(H,10,11);2H,1H3. The first-order chi connectivity index (χ1) is 7.29. The van der Waals surface area contributed by atoms with E-state index >= 15 is 0 Å². The molecule has 1 aromatic carbocycles. The summed E-state index contributed by atoms with van der Waals surface area (Å²) in [6, 6.07) is 9.05. The van der Waals surface area contributed by atoms with Crippen LogP contribution < -0.4 is 4.74 Å². The minimum Gasteiger partial charge on any atom is -0.480 e. The van der Waals surface area contributed by atoms with Crippen LogP contribution in [0.3, 0.4) is 0 Å². The summed E-state index contributed by atoms with van der Waals surface area (Å²) < 4.78 is 9.75. The molecule has 1 rings (SSSR count). The molecule has 0 unspecified atom stereocenters. The number of rotatable bonds is 5. The minimum absolute atomic E-state index is 0.0453. The van der Waals surface area contributed by atoms with E-state index in [1.807, 2.05) is 18.2 Å². The number of carboxylic acid groups (broad SMARTS) is 1. The van der Waals surface area contributed by atoms with Gasteiger partial charge in [-0.3, -0.25) is 0 Å². The first kappa shape index (κ1) is 13.4. The lowest BCUT2D eigenvalue weighted by molar-refractivity contribution is -0.144. The smallest absolute Gasteiger partial charge is 0.329 e. The van der Waals surface area contributed by atoms with Gasteiger partial charge in [0.25, 0.3) is 0 Å². The number of aliphatic carboxylic acids is 1. The van der Waals surface area contributed by atoms with Crippen molar-refractivity contribution in [3.8, 4) is 5.75 Å². The predicted octanol–water partition coefficient (Wildman–Crippen LogP) is 0.733. The lowest BCUT2D eigenvalue weighted by atomic mass is 10.3. The minimum atomic E-state index is -1.00. The van der Waals surface area contributed by atoms with Crippen LogP contribution in [-0.2, 0) is 9.53 Å². The maximum atomic E-state index is 10.0. The van der Waals surface area contributed by atoms with E-state index in [1.54, 1.807) is 12.1 Å². The van der Waals surface area contributed by atoms with Crippen molar-refractivity contribution in [1.29, 1.82) is 0 Å². The maximum Gasteiger partial charge on any atom is 0.329 e. The Morgan fingerprint density at radius 3 is 2.40 bits per heavy atom. The van der Waals surface area contributed by atoms with Crippen molar-refractivity contribution in [2.45, 2.75) is 0 Å². The third-order valence-electron chi connectivity index (χ3n) is 1.28. The molecule has 0 saturated heterocycles. The summed E-state index contributed by atoms with van der Waals surface area (Å²) in [6.07, 6.45) is 0. The number of carboxylic acids is 1. The molecule has 0 spiro atoms. The van der Waals surface area contributed by atoms with Gasteiger partial charge in [-0.15, -0.1) is 0 Å². The molecular weight excluding hydrogens is 200 g/mol. The molecule has 0 heterocycles. The van der Waals surface area contributed by atoms with Crippen molar-refractivity contribution in [2.24, 2.45) is 0 Å². The van der Waals surface area contributed by atoms with Crippen molar-refractivity contribution in [2.75, 3.05) is 20.5 Å². The van der Waals surface area contributed by atoms with Gasteiger partial charge >= 0.3 is 5.97 Å². The second-order valence-electron chi connectivity index (χ2n) is 2.32. The van der Waals surface area contributed by atoms with Gasteiger partial charge in [-0.05, 0) is 12.1 Å². The molecule has 0 aliphatic carbocycles. The molecule has 0 fully saturated rings. The Morgan fingerprint density at radius 2 is 1.87 bits per heavy atom. The number of benzene rings is 1. The normalized spacial score (nSPS) is 8.67. The van der Waals surface area contributed by atoms with Crippen molar-refractivity contribution < 1.29 is 24.5 Å². The number of hydrogen-bond acceptors (Lipinski definition) is 4. The van der Waals surface area contributed by atoms with Crippen LogP contribution in [0.1, 0.15) is 0 Å². The van der Waals surface area contributed by atoms with Crippen LogP contribution in [-0.4, -0.2) is 36.7 Å². The summed E-state index contributed by atoms with van der Waals surface area (Å²) in [6.45, 7) is -0.386. The van der Waals surface area contributed by atoms with Crippen LogP contribution in [0.4, 0.5) is 0 Å². The fraction of sp³-hybridized carbons (Fsp3) is 0.300. The number of ether oxygens (including phenoxy) is 2. The number of aliphatic hydroxyl groups excluding tert-OH is 1. The zero-order valence-corrected chi connectivity index (χ0v) is 8.42. The van der Waals surface area contributed by atoms with Gasteiger partial charge in [0.05, 0.1) is 0 Å². The van der Waals surface area contributed by atoms with Crippen LogP contribution in [0, 0.1) is 0 Å². The Morgan fingerprint density at radius 1 is 1.27 bits per heavy atom. The molecule has 2 N–H and O–H groups in total. The molecule has 0 saturated carbocycles. The monoisotopic (exact) mass is 214 g/mol. The average Bonchev–Trinajstić information content (AvgIpc) is 2.28. The van der Waals surface area contributed by atoms with Gasteiger partial charge in [0.15, 0.2) is 6.79 Å². The van der Waals surface area contributed by atoms with E-state index < -0.39 is 5.97 Å². The van der Waals surface area contributed by atoms with E-state index in [2.05, 4.69) is 4.74 Å². The number of aliphatic hydroxyl groups is 1. The molecule has 0 radical (unpaired) electrons. The van der Waals surface area contributed by atoms with Crippen molar-refractivity contribution in [3.05, 3.63) is 30.3 Å². The quantitative estimate of drug-likeness (QED) is 0.558. The predicted molar refractivity (Wildman–Crippen MR) is 53.7 cm³/mol. The first-order valence-corrected chi connectivity index (χ1v) is 4.21. The highest BCUT2D eigenvalue weighted by Crippen LogP contribution is 2.07. The van der Waals surface area contributed by atoms with Crippen LogP contribution in [0.2, 0.25) is 0 Å². The van der Waals surface area contributed by atoms with Crippen LogP contribution >= 0.6 is 0 Å². The highest BCUT2D eigenvalue weighted by atomic mass is 16.7. The van der Waals surface area contributed by atoms with Gasteiger partial charge in [0, 0.05) is 7.11 Å². The lowest BCUT2D eigenvalue weighted by Crippen LogP contribution is -2.11. The lowest BCUT2D eigenvalue weighted by Gasteiger charge is -2.04. The van der Waals surface area contributed by atoms with Gasteiger partial charge in [-0.2, -0.15) is 0 Å². The SMILES string of the molecule is CO.O=C(O)COCOc1ccccc1. The second kappa shape index (κ2) is 8.98. The molecule has 0 amide bonds. The molecule has 0 atom stereocenters. The number of carbonyl (C=O) groups is 1. The highest BCUT2D eigenvalue weighted by molar-refractivity contribution is 5.67. The molecule has 5 heteroatoms. The highest BCUT2D eigenvalue weighted by Gasteiger charge is 1.95. The van der Waals surface area contributed by atoms with Gasteiger partial charge < -0.3 is 19.7 Å². The van der Waals surface area contributed by atoms with Gasteiger partial charge in [-0.25, -0.2) is 4.79 Å². The van der Waals surface area contributed by atoms with Gasteiger partial charge in [0.2, 0.25) is 0 Å². The molecule has 0 aliphatic rings. The van der Waals surface area contributed by atoms with Gasteiger partial charge in [-0.1, -0.05) is 18.2 Å². The van der Waals surface area contributed by atoms with Gasteiger partial charge in [0.1, 0.15) is 12.4 Å². The van der Waals surface area contributed by atoms with Crippen LogP contribution in [0.5, 0.6) is 5.75 Å². The van der Waals surface area contributed by atoms with E-state index in [9.17, 15) is 4.79 Å². The number of para-hydroxylation sites is 1. The van der Waals surface area contributed by atoms with Crippen LogP contribution in [0.15, 0.2) is 30.3 Å². The molecule has 0 bridgehead atoms. The molecule has 0 aromatic heterocycles. The Balaban J connectivity index is 0.000000921. The topological polar surface area (TPSA) is 76.0 Å². The largest absolute Gasteiger partial charge is 0.480 e. The second-order valence-corrected chi connectivity index (χ2v) is 2.32. The third-order valence-corrected chi connectivity index (χ3v) is 1.28. The number of hydrogen-bond donors (Lipinski definition) is 2. The molecular formula is C10H14O5. The fourth-order valence-corrected chi connectivity index (χ4v) is 0.755. The molecule has 0 aliphatic heterocycles. The molecule has 5 nitrogen and oxygen atoms in total. The summed E-state index contributed by atoms with van der Waals surface area (Å²) in [4.78, 5) is 10.0. The summed E-state index contributed by atoms with van der Waals surface area (Å²) >= 11 is 0. The molecule has 15 heavy (non-hydrogen) atoms. The third kappa shape index (κ3) is 7.48. The summed E-state index contributed by atoms with van der Waals surface area (Å²) in [7, 11) is 1.00.